The van der Waals surface area contributed by atoms with Crippen LogP contribution in [0.5, 0.6) is 0 Å². The van der Waals surface area contributed by atoms with Gasteiger partial charge >= 0.3 is 5.97 Å². The Balaban J connectivity index is 2.29. The summed E-state index contributed by atoms with van der Waals surface area (Å²) < 4.78 is 9.77. The topological polar surface area (TPSA) is 59.7 Å². The Labute approximate surface area is 113 Å². The number of methoxy groups -OCH3 is 1. The van der Waals surface area contributed by atoms with Gasteiger partial charge in [-0.25, -0.2) is 4.79 Å². The highest BCUT2D eigenvalue weighted by molar-refractivity contribution is 7.10. The third-order valence-electron chi connectivity index (χ3n) is 2.46. The van der Waals surface area contributed by atoms with Crippen molar-refractivity contribution in [3.8, 4) is 0 Å². The number of ether oxygens (including phenoxy) is 1. The van der Waals surface area contributed by atoms with Gasteiger partial charge < -0.3 is 14.3 Å². The number of aliphatic hydroxyl groups excluding tert-OH is 1. The van der Waals surface area contributed by atoms with Gasteiger partial charge in [-0.3, -0.25) is 0 Å². The minimum atomic E-state index is -0.977. The van der Waals surface area contributed by atoms with Crippen LogP contribution in [0.15, 0.2) is 21.9 Å². The van der Waals surface area contributed by atoms with Crippen molar-refractivity contribution in [2.45, 2.75) is 13.0 Å². The van der Waals surface area contributed by atoms with Crippen molar-refractivity contribution in [1.82, 2.24) is 0 Å². The molecular formula is C12H11ClO4S. The Morgan fingerprint density at radius 2 is 2.28 bits per heavy atom. The minimum absolute atomic E-state index is 0.0518. The maximum absolute atomic E-state index is 11.2. The summed E-state index contributed by atoms with van der Waals surface area (Å²) in [6.07, 6.45) is -0.977. The number of halogens is 1. The molecule has 0 aliphatic rings. The molecule has 4 nitrogen and oxygen atoms in total. The second-order valence-electron chi connectivity index (χ2n) is 3.69. The van der Waals surface area contributed by atoms with Gasteiger partial charge in [0.05, 0.1) is 17.0 Å². The summed E-state index contributed by atoms with van der Waals surface area (Å²) in [6, 6.07) is 2.99. The van der Waals surface area contributed by atoms with Gasteiger partial charge in [0.2, 0.25) is 5.76 Å². The summed E-state index contributed by atoms with van der Waals surface area (Å²) in [5.74, 6) is -0.267. The Kier molecular flexibility index (Phi) is 3.75. The lowest BCUT2D eigenvalue weighted by Crippen LogP contribution is -1.99. The predicted octanol–water partition coefficient (Wildman–Crippen LogP) is 3.17. The van der Waals surface area contributed by atoms with E-state index < -0.39 is 12.1 Å². The van der Waals surface area contributed by atoms with Gasteiger partial charge in [0.25, 0.3) is 0 Å². The van der Waals surface area contributed by atoms with E-state index in [2.05, 4.69) is 4.74 Å². The normalized spacial score (nSPS) is 12.4. The van der Waals surface area contributed by atoms with Crippen LogP contribution in [-0.4, -0.2) is 18.2 Å². The number of carbonyl (C=O) groups is 1. The van der Waals surface area contributed by atoms with Crippen LogP contribution in [0.25, 0.3) is 0 Å². The fraction of sp³-hybridized carbons (Fsp3) is 0.250. The lowest BCUT2D eigenvalue weighted by atomic mass is 10.2. The van der Waals surface area contributed by atoms with E-state index in [4.69, 9.17) is 16.0 Å². The van der Waals surface area contributed by atoms with Crippen molar-refractivity contribution in [2.24, 2.45) is 0 Å². The van der Waals surface area contributed by atoms with Crippen molar-refractivity contribution in [2.75, 3.05) is 7.11 Å². The Hall–Kier alpha value is -1.30. The summed E-state index contributed by atoms with van der Waals surface area (Å²) in [5.41, 5.74) is 0.899. The second-order valence-corrected chi connectivity index (χ2v) is 4.98. The summed E-state index contributed by atoms with van der Waals surface area (Å²) in [7, 11) is 1.26. The second kappa shape index (κ2) is 5.14. The quantitative estimate of drug-likeness (QED) is 0.881. The molecular weight excluding hydrogens is 276 g/mol. The molecule has 0 amide bonds. The van der Waals surface area contributed by atoms with Crippen molar-refractivity contribution >= 4 is 28.9 Å². The zero-order valence-corrected chi connectivity index (χ0v) is 11.3. The van der Waals surface area contributed by atoms with E-state index in [1.807, 2.05) is 12.3 Å². The molecule has 2 aromatic heterocycles. The molecule has 6 heteroatoms. The Morgan fingerprint density at radius 1 is 1.56 bits per heavy atom. The van der Waals surface area contributed by atoms with Gasteiger partial charge in [-0.1, -0.05) is 11.6 Å². The number of aliphatic hydroxyl groups is 1. The zero-order chi connectivity index (χ0) is 13.3. The molecule has 0 radical (unpaired) electrons. The predicted molar refractivity (Wildman–Crippen MR) is 68.2 cm³/mol. The molecule has 2 heterocycles. The molecule has 2 rings (SSSR count). The van der Waals surface area contributed by atoms with Crippen molar-refractivity contribution in [1.29, 1.82) is 0 Å². The number of hydrogen-bond donors (Lipinski definition) is 1. The van der Waals surface area contributed by atoms with Crippen LogP contribution in [0.4, 0.5) is 0 Å². The van der Waals surface area contributed by atoms with E-state index in [0.29, 0.717) is 9.90 Å². The first-order valence-corrected chi connectivity index (χ1v) is 6.40. The van der Waals surface area contributed by atoms with E-state index in [1.54, 1.807) is 0 Å². The highest BCUT2D eigenvalue weighted by Crippen LogP contribution is 2.36. The van der Waals surface area contributed by atoms with Crippen molar-refractivity contribution < 1.29 is 19.1 Å². The maximum atomic E-state index is 11.2. The molecule has 2 aromatic rings. The average molecular weight is 287 g/mol. The summed E-state index contributed by atoms with van der Waals surface area (Å²) in [6.45, 7) is 1.86. The van der Waals surface area contributed by atoms with Crippen LogP contribution in [0.3, 0.4) is 0 Å². The van der Waals surface area contributed by atoms with Crippen LogP contribution in [0, 0.1) is 6.92 Å². The SMILES string of the molecule is COC(=O)c1ccc(C(O)c2scc(C)c2Cl)o1. The first-order chi connectivity index (χ1) is 8.54. The average Bonchev–Trinajstić information content (AvgIpc) is 2.97. The number of rotatable bonds is 3. The molecule has 1 unspecified atom stereocenters. The van der Waals surface area contributed by atoms with E-state index >= 15 is 0 Å². The van der Waals surface area contributed by atoms with E-state index in [-0.39, 0.29) is 11.5 Å². The minimum Gasteiger partial charge on any atom is -0.463 e. The summed E-state index contributed by atoms with van der Waals surface area (Å²) in [4.78, 5) is 11.8. The molecule has 1 N–H and O–H groups in total. The molecule has 18 heavy (non-hydrogen) atoms. The molecule has 96 valence electrons. The third kappa shape index (κ3) is 2.29. The maximum Gasteiger partial charge on any atom is 0.373 e. The van der Waals surface area contributed by atoms with E-state index in [1.165, 1.54) is 30.6 Å². The fourth-order valence-corrected chi connectivity index (χ4v) is 2.76. The number of hydrogen-bond acceptors (Lipinski definition) is 5. The monoisotopic (exact) mass is 286 g/mol. The number of esters is 1. The van der Waals surface area contributed by atoms with Gasteiger partial charge in [0.1, 0.15) is 11.9 Å². The smallest absolute Gasteiger partial charge is 0.373 e. The number of aryl methyl sites for hydroxylation is 1. The van der Waals surface area contributed by atoms with Gasteiger partial charge in [0, 0.05) is 0 Å². The first kappa shape index (κ1) is 13.1. The number of thiophene rings is 1. The van der Waals surface area contributed by atoms with Gasteiger partial charge in [-0.05, 0) is 30.0 Å². The molecule has 0 aliphatic carbocycles. The molecule has 0 bridgehead atoms. The van der Waals surface area contributed by atoms with Gasteiger partial charge in [-0.15, -0.1) is 11.3 Å². The van der Waals surface area contributed by atoms with E-state index in [9.17, 15) is 9.90 Å². The largest absolute Gasteiger partial charge is 0.463 e. The van der Waals surface area contributed by atoms with Crippen molar-refractivity contribution in [3.63, 3.8) is 0 Å². The summed E-state index contributed by atoms with van der Waals surface area (Å²) in [5, 5.41) is 12.5. The van der Waals surface area contributed by atoms with Crippen LogP contribution < -0.4 is 0 Å². The van der Waals surface area contributed by atoms with Crippen LogP contribution in [0.2, 0.25) is 5.02 Å². The highest BCUT2D eigenvalue weighted by Gasteiger charge is 2.22. The fourth-order valence-electron chi connectivity index (χ4n) is 1.47. The first-order valence-electron chi connectivity index (χ1n) is 5.14. The molecule has 0 saturated carbocycles. The van der Waals surface area contributed by atoms with Crippen LogP contribution >= 0.6 is 22.9 Å². The lowest BCUT2D eigenvalue weighted by molar-refractivity contribution is 0.0558. The molecule has 0 spiro atoms. The lowest BCUT2D eigenvalue weighted by Gasteiger charge is -2.06. The highest BCUT2D eigenvalue weighted by atomic mass is 35.5. The molecule has 1 atom stereocenters. The Bertz CT molecular complexity index is 572. The summed E-state index contributed by atoms with van der Waals surface area (Å²) >= 11 is 7.41. The standard InChI is InChI=1S/C12H11ClO4S/c1-6-5-18-11(9(6)13)10(14)7-3-4-8(17-7)12(15)16-2/h3-5,10,14H,1-2H3. The van der Waals surface area contributed by atoms with Crippen LogP contribution in [0.1, 0.15) is 32.9 Å². The van der Waals surface area contributed by atoms with Crippen LogP contribution in [-0.2, 0) is 4.74 Å². The van der Waals surface area contributed by atoms with Gasteiger partial charge in [0.15, 0.2) is 0 Å². The third-order valence-corrected chi connectivity index (χ3v) is 4.22. The molecule has 0 aliphatic heterocycles. The number of furan rings is 1. The molecule has 0 aromatic carbocycles. The Morgan fingerprint density at radius 3 is 2.83 bits per heavy atom. The number of carbonyl (C=O) groups excluding carboxylic acids is 1. The molecule has 0 fully saturated rings. The van der Waals surface area contributed by atoms with Gasteiger partial charge in [-0.2, -0.15) is 0 Å². The zero-order valence-electron chi connectivity index (χ0n) is 9.77. The van der Waals surface area contributed by atoms with Crippen molar-refractivity contribution in [3.05, 3.63) is 44.5 Å². The molecule has 0 saturated heterocycles. The van der Waals surface area contributed by atoms with E-state index in [0.717, 1.165) is 5.56 Å².